The molecule has 2 aromatic rings. The molecule has 170 valence electrons. The summed E-state index contributed by atoms with van der Waals surface area (Å²) in [6.07, 6.45) is 0.662. The van der Waals surface area contributed by atoms with Crippen LogP contribution in [0.5, 0.6) is 0 Å². The summed E-state index contributed by atoms with van der Waals surface area (Å²) in [6, 6.07) is 15.5. The molecule has 0 spiro atoms. The largest absolute Gasteiger partial charge is 0.378 e. The summed E-state index contributed by atoms with van der Waals surface area (Å²) in [5.41, 5.74) is -0.0801. The summed E-state index contributed by atoms with van der Waals surface area (Å²) in [4.78, 5) is 28.7. The number of rotatable bonds is 5. The molecule has 2 amide bonds. The Bertz CT molecular complexity index is 1030. The average Bonchev–Trinajstić information content (AvgIpc) is 2.72. The van der Waals surface area contributed by atoms with Gasteiger partial charge < -0.3 is 15.3 Å². The van der Waals surface area contributed by atoms with Gasteiger partial charge in [-0.15, -0.1) is 0 Å². The van der Waals surface area contributed by atoms with Gasteiger partial charge in [0, 0.05) is 27.7 Å². The molecule has 0 radical (unpaired) electrons. The van der Waals surface area contributed by atoms with E-state index in [-0.39, 0.29) is 11.8 Å². The Morgan fingerprint density at radius 1 is 1.12 bits per heavy atom. The minimum Gasteiger partial charge on any atom is -0.378 e. The van der Waals surface area contributed by atoms with Crippen LogP contribution in [0.4, 0.5) is 0 Å². The van der Waals surface area contributed by atoms with Crippen molar-refractivity contribution in [1.82, 2.24) is 10.2 Å². The lowest BCUT2D eigenvalue weighted by Crippen LogP contribution is -2.65. The smallest absolute Gasteiger partial charge is 0.250 e. The summed E-state index contributed by atoms with van der Waals surface area (Å²) >= 11 is 3.45. The average molecular weight is 499 g/mol. The van der Waals surface area contributed by atoms with Gasteiger partial charge in [-0.3, -0.25) is 9.59 Å². The molecule has 0 saturated carbocycles. The molecule has 5 nitrogen and oxygen atoms in total. The van der Waals surface area contributed by atoms with Crippen molar-refractivity contribution >= 4 is 33.3 Å². The van der Waals surface area contributed by atoms with Gasteiger partial charge in [-0.1, -0.05) is 65.3 Å². The normalized spacial score (nSPS) is 21.7. The number of carbonyl (C=O) groups is 2. The van der Waals surface area contributed by atoms with Crippen molar-refractivity contribution in [2.45, 2.75) is 58.2 Å². The zero-order valence-corrected chi connectivity index (χ0v) is 20.9. The lowest BCUT2D eigenvalue weighted by atomic mass is 9.71. The highest BCUT2D eigenvalue weighted by atomic mass is 79.9. The summed E-state index contributed by atoms with van der Waals surface area (Å²) in [6.45, 7) is 9.71. The molecular weight excluding hydrogens is 468 g/mol. The monoisotopic (exact) mass is 498 g/mol. The van der Waals surface area contributed by atoms with Crippen LogP contribution >= 0.6 is 15.9 Å². The molecule has 1 heterocycles. The fraction of sp³-hybridized carbons (Fsp3) is 0.385. The third kappa shape index (κ3) is 4.52. The topological polar surface area (TPSA) is 69.6 Å². The van der Waals surface area contributed by atoms with Crippen molar-refractivity contribution in [1.29, 1.82) is 0 Å². The van der Waals surface area contributed by atoms with Crippen LogP contribution in [-0.4, -0.2) is 39.9 Å². The number of aliphatic hydroxyl groups is 1. The first-order valence-electron chi connectivity index (χ1n) is 10.9. The van der Waals surface area contributed by atoms with Crippen LogP contribution in [0.3, 0.4) is 0 Å². The van der Waals surface area contributed by atoms with Gasteiger partial charge in [0.2, 0.25) is 5.91 Å². The molecule has 0 saturated heterocycles. The molecule has 2 unspecified atom stereocenters. The molecule has 2 aromatic carbocycles. The summed E-state index contributed by atoms with van der Waals surface area (Å²) < 4.78 is 0.861. The maximum Gasteiger partial charge on any atom is 0.250 e. The molecule has 6 heteroatoms. The van der Waals surface area contributed by atoms with Crippen LogP contribution in [0.25, 0.3) is 5.57 Å². The van der Waals surface area contributed by atoms with E-state index in [0.29, 0.717) is 35.2 Å². The van der Waals surface area contributed by atoms with Crippen molar-refractivity contribution in [2.75, 3.05) is 6.54 Å². The predicted molar refractivity (Wildman–Crippen MR) is 131 cm³/mol. The molecule has 0 fully saturated rings. The zero-order chi connectivity index (χ0) is 23.7. The van der Waals surface area contributed by atoms with E-state index in [1.54, 1.807) is 19.1 Å². The third-order valence-electron chi connectivity index (χ3n) is 5.60. The number of amides is 2. The molecule has 0 bridgehead atoms. The first kappa shape index (κ1) is 24.2. The maximum atomic E-state index is 13.7. The quantitative estimate of drug-likeness (QED) is 0.630. The van der Waals surface area contributed by atoms with E-state index in [2.05, 4.69) is 21.2 Å². The molecule has 2 atom stereocenters. The number of hydrogen-bond acceptors (Lipinski definition) is 3. The Kier molecular flexibility index (Phi) is 6.96. The number of carbonyl (C=O) groups excluding carboxylic acids is 2. The third-order valence-corrected chi connectivity index (χ3v) is 6.13. The summed E-state index contributed by atoms with van der Waals surface area (Å²) in [7, 11) is 0. The minimum atomic E-state index is -1.73. The van der Waals surface area contributed by atoms with E-state index in [9.17, 15) is 14.7 Å². The zero-order valence-electron chi connectivity index (χ0n) is 19.3. The van der Waals surface area contributed by atoms with Gasteiger partial charge in [-0.05, 0) is 57.4 Å². The summed E-state index contributed by atoms with van der Waals surface area (Å²) in [5, 5.41) is 15.5. The Hall–Kier alpha value is -2.44. The molecule has 1 aliphatic rings. The standard InChI is InChI=1S/C26H31BrN2O3/c1-6-16-29-22(23(30)28-25(3,4)5)26(32,19-12-14-20(27)15-13-19)21(17(2)24(29)31)18-10-8-7-9-11-18/h7-15,22,32H,6,16H2,1-5H3,(H,28,30). The fourth-order valence-electron chi connectivity index (χ4n) is 4.38. The van der Waals surface area contributed by atoms with E-state index < -0.39 is 17.2 Å². The first-order chi connectivity index (χ1) is 15.0. The molecule has 2 N–H and O–H groups in total. The second-order valence-corrected chi connectivity index (χ2v) is 10.2. The predicted octanol–water partition coefficient (Wildman–Crippen LogP) is 4.65. The van der Waals surface area contributed by atoms with Gasteiger partial charge in [-0.2, -0.15) is 0 Å². The van der Waals surface area contributed by atoms with E-state index in [4.69, 9.17) is 0 Å². The lowest BCUT2D eigenvalue weighted by molar-refractivity contribution is -0.149. The van der Waals surface area contributed by atoms with Gasteiger partial charge in [0.1, 0.15) is 11.6 Å². The Morgan fingerprint density at radius 2 is 1.72 bits per heavy atom. The fourth-order valence-corrected chi connectivity index (χ4v) is 4.64. The Morgan fingerprint density at radius 3 is 2.25 bits per heavy atom. The summed E-state index contributed by atoms with van der Waals surface area (Å²) in [5.74, 6) is -0.618. The minimum absolute atomic E-state index is 0.235. The highest BCUT2D eigenvalue weighted by Crippen LogP contribution is 2.47. The van der Waals surface area contributed by atoms with Crippen molar-refractivity contribution in [2.24, 2.45) is 0 Å². The van der Waals surface area contributed by atoms with Gasteiger partial charge in [0.15, 0.2) is 0 Å². The van der Waals surface area contributed by atoms with Gasteiger partial charge >= 0.3 is 0 Å². The van der Waals surface area contributed by atoms with Crippen LogP contribution in [-0.2, 0) is 15.2 Å². The van der Waals surface area contributed by atoms with E-state index in [1.807, 2.05) is 70.2 Å². The van der Waals surface area contributed by atoms with Crippen LogP contribution < -0.4 is 5.32 Å². The lowest BCUT2D eigenvalue weighted by Gasteiger charge is -2.48. The second kappa shape index (κ2) is 9.20. The number of benzene rings is 2. The first-order valence-corrected chi connectivity index (χ1v) is 11.7. The molecule has 3 rings (SSSR count). The maximum absolute atomic E-state index is 13.7. The molecule has 1 aliphatic heterocycles. The highest BCUT2D eigenvalue weighted by Gasteiger charge is 2.55. The van der Waals surface area contributed by atoms with Crippen LogP contribution in [0.1, 0.15) is 52.2 Å². The Balaban J connectivity index is 2.35. The van der Waals surface area contributed by atoms with Crippen molar-refractivity contribution in [3.63, 3.8) is 0 Å². The molecule has 32 heavy (non-hydrogen) atoms. The number of nitrogens with zero attached hydrogens (tertiary/aromatic N) is 1. The van der Waals surface area contributed by atoms with Crippen LogP contribution in [0.15, 0.2) is 64.6 Å². The van der Waals surface area contributed by atoms with Gasteiger partial charge in [-0.25, -0.2) is 0 Å². The molecule has 0 aromatic heterocycles. The van der Waals surface area contributed by atoms with Crippen LogP contribution in [0.2, 0.25) is 0 Å². The van der Waals surface area contributed by atoms with Gasteiger partial charge in [0.25, 0.3) is 5.91 Å². The van der Waals surface area contributed by atoms with E-state index >= 15 is 0 Å². The Labute approximate surface area is 198 Å². The van der Waals surface area contributed by atoms with E-state index in [0.717, 1.165) is 4.47 Å². The highest BCUT2D eigenvalue weighted by molar-refractivity contribution is 9.10. The van der Waals surface area contributed by atoms with E-state index in [1.165, 1.54) is 4.90 Å². The molecular formula is C26H31BrN2O3. The SMILES string of the molecule is CCCN1C(=O)C(C)=C(c2ccccc2)C(O)(c2ccc(Br)cc2)C1C(=O)NC(C)(C)C. The second-order valence-electron chi connectivity index (χ2n) is 9.28. The van der Waals surface area contributed by atoms with Crippen LogP contribution in [0, 0.1) is 0 Å². The number of halogens is 1. The van der Waals surface area contributed by atoms with Gasteiger partial charge in [0.05, 0.1) is 0 Å². The molecule has 0 aliphatic carbocycles. The van der Waals surface area contributed by atoms with Crippen molar-refractivity contribution < 1.29 is 14.7 Å². The number of nitrogens with one attached hydrogen (secondary N) is 1. The van der Waals surface area contributed by atoms with Crippen molar-refractivity contribution in [3.05, 3.63) is 75.8 Å². The number of hydrogen-bond donors (Lipinski definition) is 2. The van der Waals surface area contributed by atoms with Crippen molar-refractivity contribution in [3.8, 4) is 0 Å².